The molecule has 0 aliphatic carbocycles. The summed E-state index contributed by atoms with van der Waals surface area (Å²) in [6.45, 7) is 1.51. The Kier molecular flexibility index (Phi) is 6.64. The molecule has 0 aliphatic heterocycles. The number of halogens is 1. The normalized spacial score (nSPS) is 14.2. The van der Waals surface area contributed by atoms with Gasteiger partial charge in [0.1, 0.15) is 4.90 Å². The van der Waals surface area contributed by atoms with Gasteiger partial charge in [-0.1, -0.05) is 60.1 Å². The van der Waals surface area contributed by atoms with Crippen molar-refractivity contribution in [1.29, 1.82) is 0 Å². The highest BCUT2D eigenvalue weighted by atomic mass is 35.5. The fraction of sp³-hybridized carbons (Fsp3) is 0.143. The molecule has 0 spiro atoms. The third kappa shape index (κ3) is 4.74. The summed E-state index contributed by atoms with van der Waals surface area (Å²) in [5.41, 5.74) is 0.541. The van der Waals surface area contributed by atoms with Gasteiger partial charge in [0, 0.05) is 6.04 Å². The minimum Gasteiger partial charge on any atom is -0.387 e. The van der Waals surface area contributed by atoms with Crippen molar-refractivity contribution in [3.05, 3.63) is 89.4 Å². The Morgan fingerprint density at radius 2 is 1.40 bits per heavy atom. The monoisotopic (exact) mass is 465 g/mol. The van der Waals surface area contributed by atoms with Gasteiger partial charge in [-0.15, -0.1) is 0 Å². The van der Waals surface area contributed by atoms with Crippen LogP contribution in [0.2, 0.25) is 5.02 Å². The molecule has 2 atom stereocenters. The molecule has 0 bridgehead atoms. The topological polar surface area (TPSA) is 101 Å². The van der Waals surface area contributed by atoms with Gasteiger partial charge >= 0.3 is 0 Å². The van der Waals surface area contributed by atoms with Crippen LogP contribution >= 0.6 is 11.6 Å². The number of benzene rings is 3. The van der Waals surface area contributed by atoms with E-state index in [1.807, 2.05) is 0 Å². The van der Waals surface area contributed by atoms with E-state index in [2.05, 4.69) is 4.72 Å². The van der Waals surface area contributed by atoms with Gasteiger partial charge in [-0.25, -0.2) is 21.6 Å². The van der Waals surface area contributed by atoms with Gasteiger partial charge in [0.15, 0.2) is 0 Å². The first kappa shape index (κ1) is 22.5. The van der Waals surface area contributed by atoms with Crippen LogP contribution in [-0.2, 0) is 19.9 Å². The van der Waals surface area contributed by atoms with Crippen molar-refractivity contribution < 1.29 is 21.9 Å². The summed E-state index contributed by atoms with van der Waals surface area (Å²) in [6.07, 6.45) is -1.10. The van der Waals surface area contributed by atoms with Crippen molar-refractivity contribution in [2.75, 3.05) is 0 Å². The Labute approximate surface area is 181 Å². The van der Waals surface area contributed by atoms with E-state index >= 15 is 0 Å². The molecule has 6 nitrogen and oxygen atoms in total. The number of sulfone groups is 1. The number of aliphatic hydroxyl groups is 1. The van der Waals surface area contributed by atoms with Crippen LogP contribution in [0.1, 0.15) is 18.6 Å². The predicted octanol–water partition coefficient (Wildman–Crippen LogP) is 3.57. The van der Waals surface area contributed by atoms with E-state index in [1.165, 1.54) is 31.2 Å². The maximum Gasteiger partial charge on any atom is 0.242 e. The molecule has 30 heavy (non-hydrogen) atoms. The minimum absolute atomic E-state index is 0.0384. The number of rotatable bonds is 7. The molecule has 0 aliphatic rings. The van der Waals surface area contributed by atoms with Crippen LogP contribution in [-0.4, -0.2) is 28.0 Å². The first-order valence-electron chi connectivity index (χ1n) is 8.98. The van der Waals surface area contributed by atoms with E-state index in [0.29, 0.717) is 5.56 Å². The van der Waals surface area contributed by atoms with E-state index in [-0.39, 0.29) is 19.7 Å². The number of hydrogen-bond donors (Lipinski definition) is 2. The molecule has 0 fully saturated rings. The van der Waals surface area contributed by atoms with Crippen molar-refractivity contribution >= 4 is 31.5 Å². The maximum atomic E-state index is 12.9. The van der Waals surface area contributed by atoms with Crippen LogP contribution in [0.3, 0.4) is 0 Å². The largest absolute Gasteiger partial charge is 0.387 e. The molecule has 2 N–H and O–H groups in total. The van der Waals surface area contributed by atoms with Gasteiger partial charge in [0.2, 0.25) is 19.9 Å². The lowest BCUT2D eigenvalue weighted by atomic mass is 10.0. The summed E-state index contributed by atoms with van der Waals surface area (Å²) in [4.78, 5) is -0.542. The van der Waals surface area contributed by atoms with Gasteiger partial charge in [-0.05, 0) is 42.8 Å². The van der Waals surface area contributed by atoms with Crippen LogP contribution in [0.15, 0.2) is 93.5 Å². The third-order valence-corrected chi connectivity index (χ3v) is 8.32. The Morgan fingerprint density at radius 1 is 0.833 bits per heavy atom. The second kappa shape index (κ2) is 8.87. The molecule has 3 aromatic carbocycles. The molecule has 0 unspecified atom stereocenters. The van der Waals surface area contributed by atoms with Crippen molar-refractivity contribution in [2.24, 2.45) is 0 Å². The van der Waals surface area contributed by atoms with Crippen LogP contribution in [0.4, 0.5) is 0 Å². The Hall–Kier alpha value is -2.23. The number of nitrogens with one attached hydrogen (secondary N) is 1. The highest BCUT2D eigenvalue weighted by Gasteiger charge is 2.27. The summed E-state index contributed by atoms with van der Waals surface area (Å²) in [7, 11) is -8.14. The van der Waals surface area contributed by atoms with Crippen molar-refractivity contribution in [1.82, 2.24) is 4.72 Å². The zero-order valence-corrected chi connectivity index (χ0v) is 18.3. The molecule has 0 amide bonds. The fourth-order valence-electron chi connectivity index (χ4n) is 2.90. The molecule has 0 saturated heterocycles. The summed E-state index contributed by atoms with van der Waals surface area (Å²) < 4.78 is 53.9. The van der Waals surface area contributed by atoms with Gasteiger partial charge < -0.3 is 5.11 Å². The zero-order chi connectivity index (χ0) is 21.9. The average Bonchev–Trinajstić information content (AvgIpc) is 2.74. The van der Waals surface area contributed by atoms with Gasteiger partial charge in [-0.3, -0.25) is 0 Å². The first-order chi connectivity index (χ1) is 14.1. The van der Waals surface area contributed by atoms with E-state index in [1.54, 1.807) is 48.5 Å². The summed E-state index contributed by atoms with van der Waals surface area (Å²) in [5.74, 6) is 0. The summed E-state index contributed by atoms with van der Waals surface area (Å²) in [5, 5.41) is 10.3. The number of aliphatic hydroxyl groups excluding tert-OH is 1. The second-order valence-corrected chi connectivity index (χ2v) is 10.7. The lowest BCUT2D eigenvalue weighted by Crippen LogP contribution is -2.37. The van der Waals surface area contributed by atoms with Crippen LogP contribution < -0.4 is 4.72 Å². The predicted molar refractivity (Wildman–Crippen MR) is 115 cm³/mol. The smallest absolute Gasteiger partial charge is 0.242 e. The Balaban J connectivity index is 1.94. The summed E-state index contributed by atoms with van der Waals surface area (Å²) in [6, 6.07) is 18.9. The molecule has 0 saturated carbocycles. The lowest BCUT2D eigenvalue weighted by molar-refractivity contribution is 0.146. The molecule has 9 heteroatoms. The molecule has 158 valence electrons. The number of sulfonamides is 1. The molecule has 0 radical (unpaired) electrons. The van der Waals surface area contributed by atoms with E-state index in [4.69, 9.17) is 11.6 Å². The lowest BCUT2D eigenvalue weighted by Gasteiger charge is -2.21. The Morgan fingerprint density at radius 3 is 2.00 bits per heavy atom. The molecular weight excluding hydrogens is 446 g/mol. The molecule has 3 rings (SSSR count). The zero-order valence-electron chi connectivity index (χ0n) is 15.9. The van der Waals surface area contributed by atoms with Gasteiger partial charge in [-0.2, -0.15) is 0 Å². The first-order valence-corrected chi connectivity index (χ1v) is 12.3. The van der Waals surface area contributed by atoms with Crippen molar-refractivity contribution in [3.63, 3.8) is 0 Å². The third-order valence-electron chi connectivity index (χ3n) is 4.51. The maximum absolute atomic E-state index is 12.9. The van der Waals surface area contributed by atoms with E-state index in [0.717, 1.165) is 6.07 Å². The molecular formula is C21H20ClNO5S2. The van der Waals surface area contributed by atoms with Crippen LogP contribution in [0.25, 0.3) is 0 Å². The standard InChI is InChI=1S/C21H20ClNO5S2/c1-15(21(24)16-8-4-2-5-9-16)23-30(27,28)20-14-18(12-13-19(20)22)29(25,26)17-10-6-3-7-11-17/h2-15,21,23-24H,1H3/t15-,21-/m1/s1. The van der Waals surface area contributed by atoms with Crippen molar-refractivity contribution in [3.8, 4) is 0 Å². The summed E-state index contributed by atoms with van der Waals surface area (Å²) >= 11 is 6.08. The second-order valence-electron chi connectivity index (χ2n) is 6.67. The highest BCUT2D eigenvalue weighted by molar-refractivity contribution is 7.91. The molecule has 0 aromatic heterocycles. The van der Waals surface area contributed by atoms with E-state index < -0.39 is 32.0 Å². The molecule has 3 aromatic rings. The Bertz CT molecular complexity index is 1230. The quantitative estimate of drug-likeness (QED) is 0.555. The average molecular weight is 466 g/mol. The van der Waals surface area contributed by atoms with Crippen LogP contribution in [0, 0.1) is 0 Å². The number of hydrogen-bond acceptors (Lipinski definition) is 5. The van der Waals surface area contributed by atoms with Gasteiger partial charge in [0.25, 0.3) is 0 Å². The minimum atomic E-state index is -4.21. The molecule has 0 heterocycles. The van der Waals surface area contributed by atoms with Crippen molar-refractivity contribution in [2.45, 2.75) is 33.8 Å². The van der Waals surface area contributed by atoms with Gasteiger partial charge in [0.05, 0.1) is 20.9 Å². The SMILES string of the molecule is C[C@@H](NS(=O)(=O)c1cc(S(=O)(=O)c2ccccc2)ccc1Cl)[C@@H](O)c1ccccc1. The van der Waals surface area contributed by atoms with E-state index in [9.17, 15) is 21.9 Å². The fourth-order valence-corrected chi connectivity index (χ4v) is 6.06. The highest BCUT2D eigenvalue weighted by Crippen LogP contribution is 2.29. The van der Waals surface area contributed by atoms with Crippen LogP contribution in [0.5, 0.6) is 0 Å².